The molecule has 2 heterocycles. The van der Waals surface area contributed by atoms with Gasteiger partial charge in [0.25, 0.3) is 0 Å². The standard InChI is InChI=1S/C53H81N9O9/c1-46(49-16-9-4-10-17-49)55-51(64)43-57-24-26-58(44-52(65)66)22-20-56(21-23-59(27-25-57)45-53(67)68)19-11-18-54-50(63)42-61-29-28-60(40-47-12-5-2-6-13-47)30-36-70-38-39-71-37-33-62(32-35-69-34-31-61)41-48-14-7-3-8-15-48/h2-10,12-17,46H,11,18-45H2,1H3,(H,54,63)(H,55,64)(H,65,66)(H,67,68). The van der Waals surface area contributed by atoms with Crippen molar-refractivity contribution in [1.82, 2.24) is 44.9 Å². The molecule has 0 spiro atoms. The normalized spacial score (nSPS) is 19.3. The molecule has 0 aliphatic carbocycles. The predicted octanol–water partition coefficient (Wildman–Crippen LogP) is 2.13. The van der Waals surface area contributed by atoms with Gasteiger partial charge >= 0.3 is 11.9 Å². The van der Waals surface area contributed by atoms with Gasteiger partial charge in [-0.2, -0.15) is 0 Å². The molecular weight excluding hydrogens is 907 g/mol. The zero-order chi connectivity index (χ0) is 50.3. The number of ether oxygens (including phenoxy) is 3. The van der Waals surface area contributed by atoms with Crippen LogP contribution < -0.4 is 10.6 Å². The minimum absolute atomic E-state index is 0.0687. The lowest BCUT2D eigenvalue weighted by atomic mass is 10.1. The van der Waals surface area contributed by atoms with E-state index in [1.165, 1.54) is 11.1 Å². The molecular formula is C53H81N9O9. The van der Waals surface area contributed by atoms with Crippen molar-refractivity contribution in [2.24, 2.45) is 0 Å². The first kappa shape index (κ1) is 57.0. The molecule has 1 unspecified atom stereocenters. The van der Waals surface area contributed by atoms with Crippen LogP contribution in [0.2, 0.25) is 0 Å². The van der Waals surface area contributed by atoms with E-state index < -0.39 is 11.9 Å². The minimum Gasteiger partial charge on any atom is -0.480 e. The number of carboxylic acid groups (broad SMARTS) is 2. The molecule has 2 fully saturated rings. The highest BCUT2D eigenvalue weighted by Crippen LogP contribution is 2.12. The second-order valence-corrected chi connectivity index (χ2v) is 18.5. The second kappa shape index (κ2) is 33.7. The zero-order valence-corrected chi connectivity index (χ0v) is 42.1. The van der Waals surface area contributed by atoms with Crippen LogP contribution in [-0.2, 0) is 46.5 Å². The lowest BCUT2D eigenvalue weighted by Gasteiger charge is -2.33. The van der Waals surface area contributed by atoms with Crippen molar-refractivity contribution in [3.8, 4) is 0 Å². The first-order valence-electron chi connectivity index (χ1n) is 25.5. The molecule has 0 aromatic heterocycles. The van der Waals surface area contributed by atoms with Crippen molar-refractivity contribution < 1.29 is 43.6 Å². The molecule has 71 heavy (non-hydrogen) atoms. The molecule has 2 aliphatic heterocycles. The van der Waals surface area contributed by atoms with Gasteiger partial charge in [0.2, 0.25) is 11.8 Å². The number of aliphatic carboxylic acids is 2. The Balaban J connectivity index is 1.15. The Hall–Kier alpha value is -4.86. The number of carbonyl (C=O) groups excluding carboxylic acids is 2. The largest absolute Gasteiger partial charge is 0.480 e. The van der Waals surface area contributed by atoms with E-state index in [2.05, 4.69) is 66.6 Å². The zero-order valence-electron chi connectivity index (χ0n) is 42.1. The summed E-state index contributed by atoms with van der Waals surface area (Å²) in [6.07, 6.45) is 0.659. The molecule has 3 aromatic rings. The molecule has 392 valence electrons. The van der Waals surface area contributed by atoms with Gasteiger partial charge in [0.1, 0.15) is 0 Å². The topological polar surface area (TPSA) is 183 Å². The van der Waals surface area contributed by atoms with E-state index in [0.717, 1.165) is 44.8 Å². The average Bonchev–Trinajstić information content (AvgIpc) is 3.35. The summed E-state index contributed by atoms with van der Waals surface area (Å²) in [6.45, 7) is 16.0. The van der Waals surface area contributed by atoms with Gasteiger partial charge in [0, 0.05) is 111 Å². The fourth-order valence-corrected chi connectivity index (χ4v) is 8.74. The van der Waals surface area contributed by atoms with Crippen LogP contribution in [0.1, 0.15) is 36.1 Å². The molecule has 4 N–H and O–H groups in total. The highest BCUT2D eigenvalue weighted by Gasteiger charge is 2.22. The maximum Gasteiger partial charge on any atom is 0.317 e. The minimum atomic E-state index is -0.926. The van der Waals surface area contributed by atoms with Crippen molar-refractivity contribution >= 4 is 23.8 Å². The van der Waals surface area contributed by atoms with Gasteiger partial charge in [0.05, 0.1) is 71.9 Å². The fraction of sp³-hybridized carbons (Fsp3) is 0.585. The number of nitrogens with one attached hydrogen (secondary N) is 2. The van der Waals surface area contributed by atoms with Crippen LogP contribution >= 0.6 is 0 Å². The van der Waals surface area contributed by atoms with E-state index in [-0.39, 0.29) is 44.0 Å². The lowest BCUT2D eigenvalue weighted by Crippen LogP contribution is -2.49. The summed E-state index contributed by atoms with van der Waals surface area (Å²) in [5.41, 5.74) is 3.44. The van der Waals surface area contributed by atoms with E-state index in [1.807, 2.05) is 76.2 Å². The summed E-state index contributed by atoms with van der Waals surface area (Å²) >= 11 is 0. The highest BCUT2D eigenvalue weighted by atomic mass is 16.5. The van der Waals surface area contributed by atoms with Crippen LogP contribution in [-0.4, -0.2) is 239 Å². The molecule has 18 heteroatoms. The Morgan fingerprint density at radius 3 is 1.31 bits per heavy atom. The second-order valence-electron chi connectivity index (χ2n) is 18.5. The van der Waals surface area contributed by atoms with Crippen LogP contribution in [0, 0.1) is 0 Å². The van der Waals surface area contributed by atoms with Gasteiger partial charge in [-0.25, -0.2) is 0 Å². The molecule has 0 radical (unpaired) electrons. The van der Waals surface area contributed by atoms with Gasteiger partial charge in [-0.3, -0.25) is 48.6 Å². The Bertz CT molecular complexity index is 1910. The first-order chi connectivity index (χ1) is 34.6. The number of amides is 2. The van der Waals surface area contributed by atoms with Crippen molar-refractivity contribution in [2.75, 3.05) is 171 Å². The van der Waals surface area contributed by atoms with E-state index in [1.54, 1.807) is 0 Å². The summed E-state index contributed by atoms with van der Waals surface area (Å²) in [4.78, 5) is 65.7. The van der Waals surface area contributed by atoms with Crippen LogP contribution in [0.15, 0.2) is 91.0 Å². The molecule has 1 atom stereocenters. The van der Waals surface area contributed by atoms with E-state index in [0.29, 0.717) is 125 Å². The number of carboxylic acids is 2. The van der Waals surface area contributed by atoms with Crippen LogP contribution in [0.3, 0.4) is 0 Å². The van der Waals surface area contributed by atoms with Crippen molar-refractivity contribution in [2.45, 2.75) is 32.5 Å². The number of carbonyl (C=O) groups is 4. The molecule has 2 saturated heterocycles. The van der Waals surface area contributed by atoms with Crippen LogP contribution in [0.25, 0.3) is 0 Å². The quantitative estimate of drug-likeness (QED) is 0.136. The summed E-state index contributed by atoms with van der Waals surface area (Å²) in [6, 6.07) is 30.3. The third-order valence-electron chi connectivity index (χ3n) is 12.8. The van der Waals surface area contributed by atoms with Gasteiger partial charge < -0.3 is 40.0 Å². The van der Waals surface area contributed by atoms with Gasteiger partial charge in [0.15, 0.2) is 0 Å². The molecule has 5 rings (SSSR count). The SMILES string of the molecule is CC(NC(=O)CN1CCN(CC(=O)O)CCN(CCCNC(=O)CN2CCOCCN(Cc3ccccc3)CCOCCOCCN(Cc3ccccc3)CC2)CCN(CC(=O)O)CC1)c1ccccc1. The molecule has 18 nitrogen and oxygen atoms in total. The van der Waals surface area contributed by atoms with Gasteiger partial charge in [-0.05, 0) is 36.6 Å². The Labute approximate surface area is 421 Å². The van der Waals surface area contributed by atoms with E-state index >= 15 is 0 Å². The summed E-state index contributed by atoms with van der Waals surface area (Å²) in [7, 11) is 0. The number of benzene rings is 3. The molecule has 0 bridgehead atoms. The van der Waals surface area contributed by atoms with Crippen molar-refractivity contribution in [1.29, 1.82) is 0 Å². The molecule has 2 aliphatic rings. The van der Waals surface area contributed by atoms with Gasteiger partial charge in [-0.15, -0.1) is 0 Å². The molecule has 0 saturated carbocycles. The number of hydrogen-bond donors (Lipinski definition) is 4. The highest BCUT2D eigenvalue weighted by molar-refractivity contribution is 5.78. The third-order valence-corrected chi connectivity index (χ3v) is 12.8. The molecule has 3 aromatic carbocycles. The smallest absolute Gasteiger partial charge is 0.317 e. The number of hydrogen-bond acceptors (Lipinski definition) is 14. The van der Waals surface area contributed by atoms with Crippen LogP contribution in [0.4, 0.5) is 0 Å². The lowest BCUT2D eigenvalue weighted by molar-refractivity contribution is -0.139. The summed E-state index contributed by atoms with van der Waals surface area (Å²) in [5.74, 6) is -2.07. The van der Waals surface area contributed by atoms with Gasteiger partial charge in [-0.1, -0.05) is 91.0 Å². The van der Waals surface area contributed by atoms with Crippen molar-refractivity contribution in [3.63, 3.8) is 0 Å². The third kappa shape index (κ3) is 24.9. The Kier molecular flexibility index (Phi) is 27.1. The fourth-order valence-electron chi connectivity index (χ4n) is 8.74. The maximum absolute atomic E-state index is 13.6. The number of rotatable bonds is 18. The predicted molar refractivity (Wildman–Crippen MR) is 274 cm³/mol. The summed E-state index contributed by atoms with van der Waals surface area (Å²) < 4.78 is 18.2. The average molecular weight is 988 g/mol. The maximum atomic E-state index is 13.6. The first-order valence-corrected chi connectivity index (χ1v) is 25.5. The summed E-state index contributed by atoms with van der Waals surface area (Å²) in [5, 5.41) is 25.8. The van der Waals surface area contributed by atoms with Crippen molar-refractivity contribution in [3.05, 3.63) is 108 Å². The monoisotopic (exact) mass is 988 g/mol. The van der Waals surface area contributed by atoms with Crippen LogP contribution in [0.5, 0.6) is 0 Å². The van der Waals surface area contributed by atoms with E-state index in [9.17, 15) is 29.4 Å². The number of nitrogens with zero attached hydrogens (tertiary/aromatic N) is 7. The molecule has 2 amide bonds. The Morgan fingerprint density at radius 1 is 0.465 bits per heavy atom. The van der Waals surface area contributed by atoms with E-state index in [4.69, 9.17) is 14.2 Å². The Morgan fingerprint density at radius 2 is 0.831 bits per heavy atom.